The van der Waals surface area contributed by atoms with Crippen molar-refractivity contribution in [2.75, 3.05) is 6.61 Å². The second-order valence-electron chi connectivity index (χ2n) is 6.78. The molecule has 3 unspecified atom stereocenters. The Labute approximate surface area is 103 Å². The Kier molecular flexibility index (Phi) is 2.24. The molecule has 2 aliphatic carbocycles. The van der Waals surface area contributed by atoms with Gasteiger partial charge in [0.25, 0.3) is 0 Å². The number of carbonyl (C=O) groups excluding carboxylic acids is 1. The fraction of sp³-hybridized carbons (Fsp3) is 0.800. The van der Waals surface area contributed by atoms with E-state index in [0.717, 1.165) is 25.7 Å². The van der Waals surface area contributed by atoms with Crippen LogP contribution in [0, 0.1) is 22.7 Å². The molecule has 2 heteroatoms. The molecule has 0 N–H and O–H groups in total. The number of esters is 1. The van der Waals surface area contributed by atoms with Gasteiger partial charge in [-0.25, -0.2) is 0 Å². The van der Waals surface area contributed by atoms with E-state index >= 15 is 0 Å². The summed E-state index contributed by atoms with van der Waals surface area (Å²) >= 11 is 0. The molecule has 3 fully saturated rings. The maximum absolute atomic E-state index is 12.3. The summed E-state index contributed by atoms with van der Waals surface area (Å²) in [6, 6.07) is 0. The van der Waals surface area contributed by atoms with E-state index in [-0.39, 0.29) is 16.8 Å². The van der Waals surface area contributed by atoms with Crippen LogP contribution in [0.4, 0.5) is 0 Å². The van der Waals surface area contributed by atoms with Crippen molar-refractivity contribution in [2.45, 2.75) is 46.0 Å². The lowest BCUT2D eigenvalue weighted by molar-refractivity contribution is -0.157. The van der Waals surface area contributed by atoms with E-state index in [0.29, 0.717) is 18.4 Å². The van der Waals surface area contributed by atoms with Crippen molar-refractivity contribution in [3.8, 4) is 0 Å². The van der Waals surface area contributed by atoms with Gasteiger partial charge in [-0.05, 0) is 37.0 Å². The third-order valence-electron chi connectivity index (χ3n) is 5.61. The molecule has 17 heavy (non-hydrogen) atoms. The molecule has 0 aromatic carbocycles. The van der Waals surface area contributed by atoms with Crippen LogP contribution in [0.25, 0.3) is 0 Å². The monoisotopic (exact) mass is 234 g/mol. The first-order valence-corrected chi connectivity index (χ1v) is 6.83. The molecule has 0 aromatic heterocycles. The van der Waals surface area contributed by atoms with Gasteiger partial charge < -0.3 is 4.74 Å². The Morgan fingerprint density at radius 3 is 2.88 bits per heavy atom. The zero-order chi connectivity index (χ0) is 12.3. The van der Waals surface area contributed by atoms with Crippen LogP contribution in [0.5, 0.6) is 0 Å². The molecule has 94 valence electrons. The lowest BCUT2D eigenvalue weighted by Crippen LogP contribution is -2.52. The van der Waals surface area contributed by atoms with Crippen LogP contribution in [0.15, 0.2) is 12.2 Å². The van der Waals surface area contributed by atoms with E-state index in [9.17, 15) is 4.79 Å². The van der Waals surface area contributed by atoms with Gasteiger partial charge in [0.2, 0.25) is 0 Å². The van der Waals surface area contributed by atoms with Crippen molar-refractivity contribution < 1.29 is 9.53 Å². The van der Waals surface area contributed by atoms with Crippen LogP contribution in [0.2, 0.25) is 0 Å². The zero-order valence-corrected chi connectivity index (χ0v) is 10.9. The van der Waals surface area contributed by atoms with E-state index in [2.05, 4.69) is 20.4 Å². The molecule has 2 nitrogen and oxygen atoms in total. The summed E-state index contributed by atoms with van der Waals surface area (Å²) in [5.41, 5.74) is 1.32. The molecule has 3 atom stereocenters. The summed E-state index contributed by atoms with van der Waals surface area (Å²) in [5.74, 6) is 0.865. The molecule has 0 bridgehead atoms. The largest absolute Gasteiger partial charge is 0.465 e. The maximum Gasteiger partial charge on any atom is 0.313 e. The normalized spacial score (nSPS) is 43.9. The molecule has 1 heterocycles. The topological polar surface area (TPSA) is 26.3 Å². The fourth-order valence-corrected chi connectivity index (χ4v) is 4.76. The van der Waals surface area contributed by atoms with Crippen molar-refractivity contribution in [1.82, 2.24) is 0 Å². The molecule has 0 aromatic rings. The second-order valence-corrected chi connectivity index (χ2v) is 6.78. The van der Waals surface area contributed by atoms with Gasteiger partial charge in [-0.15, -0.1) is 0 Å². The molecular weight excluding hydrogens is 212 g/mol. The molecule has 1 aliphatic heterocycles. The van der Waals surface area contributed by atoms with Crippen LogP contribution < -0.4 is 0 Å². The quantitative estimate of drug-likeness (QED) is 0.475. The highest BCUT2D eigenvalue weighted by molar-refractivity contribution is 5.81. The Hall–Kier alpha value is -0.790. The minimum Gasteiger partial charge on any atom is -0.465 e. The fourth-order valence-electron chi connectivity index (χ4n) is 4.76. The van der Waals surface area contributed by atoms with Gasteiger partial charge in [-0.1, -0.05) is 32.4 Å². The van der Waals surface area contributed by atoms with Gasteiger partial charge >= 0.3 is 5.97 Å². The molecule has 0 radical (unpaired) electrons. The minimum atomic E-state index is -0.211. The summed E-state index contributed by atoms with van der Waals surface area (Å²) in [5, 5.41) is 0. The van der Waals surface area contributed by atoms with Crippen LogP contribution in [-0.2, 0) is 9.53 Å². The first kappa shape index (κ1) is 11.3. The maximum atomic E-state index is 12.3. The third-order valence-corrected chi connectivity index (χ3v) is 5.61. The number of rotatable bonds is 0. The Bertz CT molecular complexity index is 382. The Balaban J connectivity index is 2.09. The van der Waals surface area contributed by atoms with Crippen LogP contribution in [0.1, 0.15) is 46.0 Å². The molecular formula is C15H22O2. The standard InChI is InChI=1S/C15H22O2/c1-10-5-6-12-14(2,3)7-4-8-15(12)11(10)9-17-13(15)16/h11-12H,1,4-9H2,2-3H3. The first-order valence-electron chi connectivity index (χ1n) is 6.83. The number of carbonyl (C=O) groups is 1. The SMILES string of the molecule is C=C1CCC2C(C)(C)CCCC23C(=O)OCC13. The minimum absolute atomic E-state index is 0.0705. The van der Waals surface area contributed by atoms with Crippen LogP contribution in [-0.4, -0.2) is 12.6 Å². The van der Waals surface area contributed by atoms with Crippen molar-refractivity contribution in [2.24, 2.45) is 22.7 Å². The van der Waals surface area contributed by atoms with Gasteiger partial charge in [0.1, 0.15) is 0 Å². The summed E-state index contributed by atoms with van der Waals surface area (Å²) < 4.78 is 5.42. The number of hydrogen-bond donors (Lipinski definition) is 0. The van der Waals surface area contributed by atoms with Gasteiger partial charge in [0.15, 0.2) is 0 Å². The van der Waals surface area contributed by atoms with E-state index in [1.165, 1.54) is 12.0 Å². The van der Waals surface area contributed by atoms with E-state index in [1.807, 2.05) is 0 Å². The molecule has 3 aliphatic rings. The number of hydrogen-bond acceptors (Lipinski definition) is 2. The van der Waals surface area contributed by atoms with Crippen molar-refractivity contribution in [1.29, 1.82) is 0 Å². The second kappa shape index (κ2) is 3.37. The van der Waals surface area contributed by atoms with E-state index in [1.54, 1.807) is 0 Å². The summed E-state index contributed by atoms with van der Waals surface area (Å²) in [6.07, 6.45) is 5.62. The van der Waals surface area contributed by atoms with Crippen molar-refractivity contribution >= 4 is 5.97 Å². The predicted molar refractivity (Wildman–Crippen MR) is 66.4 cm³/mol. The van der Waals surface area contributed by atoms with E-state index < -0.39 is 0 Å². The summed E-state index contributed by atoms with van der Waals surface area (Å²) in [4.78, 5) is 12.3. The number of cyclic esters (lactones) is 1. The highest BCUT2D eigenvalue weighted by atomic mass is 16.5. The van der Waals surface area contributed by atoms with E-state index in [4.69, 9.17) is 4.74 Å². The lowest BCUT2D eigenvalue weighted by atomic mass is 9.48. The average molecular weight is 234 g/mol. The van der Waals surface area contributed by atoms with Crippen LogP contribution >= 0.6 is 0 Å². The van der Waals surface area contributed by atoms with Gasteiger partial charge in [-0.3, -0.25) is 4.79 Å². The highest BCUT2D eigenvalue weighted by Crippen LogP contribution is 2.63. The highest BCUT2D eigenvalue weighted by Gasteiger charge is 2.63. The van der Waals surface area contributed by atoms with Crippen molar-refractivity contribution in [3.05, 3.63) is 12.2 Å². The molecule has 1 spiro atoms. The lowest BCUT2D eigenvalue weighted by Gasteiger charge is -2.54. The smallest absolute Gasteiger partial charge is 0.313 e. The molecule has 2 saturated carbocycles. The summed E-state index contributed by atoms with van der Waals surface area (Å²) in [6.45, 7) is 9.44. The first-order chi connectivity index (χ1) is 7.98. The van der Waals surface area contributed by atoms with Crippen LogP contribution in [0.3, 0.4) is 0 Å². The third kappa shape index (κ3) is 1.30. The molecule has 1 saturated heterocycles. The Morgan fingerprint density at radius 2 is 2.12 bits per heavy atom. The average Bonchev–Trinajstić information content (AvgIpc) is 2.57. The zero-order valence-electron chi connectivity index (χ0n) is 10.9. The Morgan fingerprint density at radius 1 is 1.35 bits per heavy atom. The van der Waals surface area contributed by atoms with Gasteiger partial charge in [0.05, 0.1) is 12.0 Å². The summed E-state index contributed by atoms with van der Waals surface area (Å²) in [7, 11) is 0. The number of ether oxygens (including phenoxy) is 1. The molecule has 3 rings (SSSR count). The van der Waals surface area contributed by atoms with Gasteiger partial charge in [0, 0.05) is 5.92 Å². The van der Waals surface area contributed by atoms with Gasteiger partial charge in [-0.2, -0.15) is 0 Å². The van der Waals surface area contributed by atoms with Crippen molar-refractivity contribution in [3.63, 3.8) is 0 Å². The molecule has 0 amide bonds. The predicted octanol–water partition coefficient (Wildman–Crippen LogP) is 3.32.